The Morgan fingerprint density at radius 3 is 2.33 bits per heavy atom. The summed E-state index contributed by atoms with van der Waals surface area (Å²) in [5.74, 6) is -0.792. The Balaban J connectivity index is 2.22. The van der Waals surface area contributed by atoms with Gasteiger partial charge in [-0.15, -0.1) is 0 Å². The lowest BCUT2D eigenvalue weighted by molar-refractivity contribution is -0.142. The minimum Gasteiger partial charge on any atom is -0.480 e. The third-order valence-corrected chi connectivity index (χ3v) is 4.39. The fraction of sp³-hybridized carbons (Fsp3) is 0.235. The molecule has 1 N–H and O–H groups in total. The summed E-state index contributed by atoms with van der Waals surface area (Å²) in [7, 11) is 3.59. The summed E-state index contributed by atoms with van der Waals surface area (Å²) in [5, 5.41) is 9.34. The van der Waals surface area contributed by atoms with Gasteiger partial charge in [-0.2, -0.15) is 0 Å². The van der Waals surface area contributed by atoms with E-state index in [-0.39, 0.29) is 0 Å². The van der Waals surface area contributed by atoms with Gasteiger partial charge in [0, 0.05) is 9.79 Å². The highest BCUT2D eigenvalue weighted by Crippen LogP contribution is 2.31. The fourth-order valence-electron chi connectivity index (χ4n) is 2.09. The normalized spacial score (nSPS) is 12.3. The molecule has 0 heterocycles. The topological polar surface area (TPSA) is 40.5 Å². The number of carboxylic acids is 1. The fourth-order valence-corrected chi connectivity index (χ4v) is 3.06. The predicted molar refractivity (Wildman–Crippen MR) is 85.8 cm³/mol. The maximum Gasteiger partial charge on any atom is 0.321 e. The zero-order chi connectivity index (χ0) is 15.2. The molecule has 1 atom stereocenters. The van der Waals surface area contributed by atoms with Gasteiger partial charge in [0.05, 0.1) is 0 Å². The van der Waals surface area contributed by atoms with Gasteiger partial charge in [0.2, 0.25) is 0 Å². The van der Waals surface area contributed by atoms with Gasteiger partial charge in [0.1, 0.15) is 6.04 Å². The largest absolute Gasteiger partial charge is 0.480 e. The van der Waals surface area contributed by atoms with Crippen molar-refractivity contribution in [2.75, 3.05) is 14.1 Å². The van der Waals surface area contributed by atoms with Gasteiger partial charge in [-0.3, -0.25) is 9.69 Å². The van der Waals surface area contributed by atoms with Crippen LogP contribution in [0.4, 0.5) is 0 Å². The van der Waals surface area contributed by atoms with Crippen molar-refractivity contribution in [3.05, 3.63) is 60.2 Å². The van der Waals surface area contributed by atoms with Crippen molar-refractivity contribution in [2.45, 2.75) is 22.3 Å². The van der Waals surface area contributed by atoms with E-state index in [0.29, 0.717) is 6.42 Å². The lowest BCUT2D eigenvalue weighted by atomic mass is 10.1. The van der Waals surface area contributed by atoms with Gasteiger partial charge in [-0.1, -0.05) is 48.2 Å². The molecule has 0 aromatic heterocycles. The highest BCUT2D eigenvalue weighted by molar-refractivity contribution is 7.99. The molecule has 0 bridgehead atoms. The minimum absolute atomic E-state index is 0.498. The van der Waals surface area contributed by atoms with Crippen LogP contribution in [-0.4, -0.2) is 36.1 Å². The van der Waals surface area contributed by atoms with Gasteiger partial charge in [-0.05, 0) is 44.3 Å². The number of rotatable bonds is 6. The van der Waals surface area contributed by atoms with Crippen LogP contribution in [0.1, 0.15) is 5.56 Å². The highest BCUT2D eigenvalue weighted by Gasteiger charge is 2.21. The molecule has 0 unspecified atom stereocenters. The van der Waals surface area contributed by atoms with E-state index in [2.05, 4.69) is 12.1 Å². The van der Waals surface area contributed by atoms with E-state index in [1.54, 1.807) is 30.8 Å². The van der Waals surface area contributed by atoms with Crippen LogP contribution in [0, 0.1) is 0 Å². The summed E-state index contributed by atoms with van der Waals surface area (Å²) >= 11 is 1.67. The van der Waals surface area contributed by atoms with Crippen molar-refractivity contribution in [3.63, 3.8) is 0 Å². The summed E-state index contributed by atoms with van der Waals surface area (Å²) in [6.45, 7) is 0. The lowest BCUT2D eigenvalue weighted by Gasteiger charge is -2.21. The van der Waals surface area contributed by atoms with Crippen molar-refractivity contribution >= 4 is 17.7 Å². The third kappa shape index (κ3) is 4.34. The second kappa shape index (κ2) is 7.29. The lowest BCUT2D eigenvalue weighted by Crippen LogP contribution is -2.37. The quantitative estimate of drug-likeness (QED) is 0.888. The molecule has 110 valence electrons. The first-order valence-corrected chi connectivity index (χ1v) is 7.59. The number of benzene rings is 2. The Bertz CT molecular complexity index is 599. The molecule has 2 aromatic rings. The number of nitrogens with zero attached hydrogens (tertiary/aromatic N) is 1. The van der Waals surface area contributed by atoms with E-state index in [0.717, 1.165) is 15.4 Å². The molecular weight excluding hydrogens is 282 g/mol. The Hall–Kier alpha value is -1.78. The van der Waals surface area contributed by atoms with Crippen molar-refractivity contribution in [1.29, 1.82) is 0 Å². The molecule has 0 amide bonds. The van der Waals surface area contributed by atoms with E-state index in [4.69, 9.17) is 0 Å². The van der Waals surface area contributed by atoms with Crippen LogP contribution < -0.4 is 0 Å². The Kier molecular flexibility index (Phi) is 5.42. The van der Waals surface area contributed by atoms with Gasteiger partial charge in [0.25, 0.3) is 0 Å². The summed E-state index contributed by atoms with van der Waals surface area (Å²) in [5.41, 5.74) is 1.06. The molecule has 0 saturated heterocycles. The van der Waals surface area contributed by atoms with E-state index in [1.807, 2.05) is 42.5 Å². The molecule has 0 saturated carbocycles. The molecule has 0 aliphatic carbocycles. The van der Waals surface area contributed by atoms with Gasteiger partial charge in [-0.25, -0.2) is 0 Å². The number of carbonyl (C=O) groups is 1. The maximum atomic E-state index is 11.4. The molecule has 21 heavy (non-hydrogen) atoms. The Morgan fingerprint density at radius 2 is 1.71 bits per heavy atom. The van der Waals surface area contributed by atoms with Gasteiger partial charge in [0.15, 0.2) is 0 Å². The van der Waals surface area contributed by atoms with E-state index >= 15 is 0 Å². The minimum atomic E-state index is -0.792. The van der Waals surface area contributed by atoms with Crippen LogP contribution in [0.5, 0.6) is 0 Å². The first kappa shape index (κ1) is 15.6. The molecule has 4 heteroatoms. The van der Waals surface area contributed by atoms with E-state index < -0.39 is 12.0 Å². The van der Waals surface area contributed by atoms with Gasteiger partial charge >= 0.3 is 5.97 Å². The number of likely N-dealkylation sites (N-methyl/N-ethyl adjacent to an activating group) is 1. The molecule has 0 spiro atoms. The highest BCUT2D eigenvalue weighted by atomic mass is 32.2. The van der Waals surface area contributed by atoms with Crippen LogP contribution in [0.25, 0.3) is 0 Å². The first-order chi connectivity index (χ1) is 10.1. The zero-order valence-electron chi connectivity index (χ0n) is 12.2. The van der Waals surface area contributed by atoms with Crippen molar-refractivity contribution < 1.29 is 9.90 Å². The molecule has 2 rings (SSSR count). The monoisotopic (exact) mass is 301 g/mol. The zero-order valence-corrected chi connectivity index (χ0v) is 13.0. The first-order valence-electron chi connectivity index (χ1n) is 6.78. The molecule has 3 nitrogen and oxygen atoms in total. The van der Waals surface area contributed by atoms with Crippen LogP contribution >= 0.6 is 11.8 Å². The molecule has 0 radical (unpaired) electrons. The molecule has 2 aromatic carbocycles. The van der Waals surface area contributed by atoms with Crippen LogP contribution in [0.3, 0.4) is 0 Å². The molecule has 0 aliphatic heterocycles. The number of hydrogen-bond acceptors (Lipinski definition) is 3. The van der Waals surface area contributed by atoms with E-state index in [9.17, 15) is 9.90 Å². The summed E-state index contributed by atoms with van der Waals surface area (Å²) in [6, 6.07) is 17.6. The summed E-state index contributed by atoms with van der Waals surface area (Å²) < 4.78 is 0. The average Bonchev–Trinajstić information content (AvgIpc) is 2.46. The second-order valence-electron chi connectivity index (χ2n) is 5.04. The number of carboxylic acid groups (broad SMARTS) is 1. The average molecular weight is 301 g/mol. The standard InChI is InChI=1S/C17H19NO2S/c1-18(2)15(17(19)20)12-13-8-6-7-11-16(13)21-14-9-4-3-5-10-14/h3-11,15H,12H2,1-2H3,(H,19,20)/t15-/m0/s1. The second-order valence-corrected chi connectivity index (χ2v) is 6.16. The molecule has 0 aliphatic rings. The smallest absolute Gasteiger partial charge is 0.321 e. The number of hydrogen-bond donors (Lipinski definition) is 1. The van der Waals surface area contributed by atoms with E-state index in [1.165, 1.54) is 0 Å². The number of aliphatic carboxylic acids is 1. The van der Waals surface area contributed by atoms with Crippen molar-refractivity contribution in [2.24, 2.45) is 0 Å². The van der Waals surface area contributed by atoms with Crippen LogP contribution in [-0.2, 0) is 11.2 Å². The molecular formula is C17H19NO2S. The van der Waals surface area contributed by atoms with Crippen molar-refractivity contribution in [1.82, 2.24) is 4.90 Å². The third-order valence-electron chi connectivity index (χ3n) is 3.27. The SMILES string of the molecule is CN(C)[C@@H](Cc1ccccc1Sc1ccccc1)C(=O)O. The van der Waals surface area contributed by atoms with Crippen LogP contribution in [0.2, 0.25) is 0 Å². The molecule has 0 fully saturated rings. The maximum absolute atomic E-state index is 11.4. The van der Waals surface area contributed by atoms with Gasteiger partial charge < -0.3 is 5.11 Å². The van der Waals surface area contributed by atoms with Crippen molar-refractivity contribution in [3.8, 4) is 0 Å². The predicted octanol–water partition coefficient (Wildman–Crippen LogP) is 3.40. The Morgan fingerprint density at radius 1 is 1.10 bits per heavy atom. The Labute approximate surface area is 129 Å². The summed E-state index contributed by atoms with van der Waals surface area (Å²) in [4.78, 5) is 15.4. The summed E-state index contributed by atoms with van der Waals surface area (Å²) in [6.07, 6.45) is 0.498. The van der Waals surface area contributed by atoms with Crippen LogP contribution in [0.15, 0.2) is 64.4 Å².